The number of halogens is 2. The summed E-state index contributed by atoms with van der Waals surface area (Å²) in [6, 6.07) is 0.0943. The molecule has 1 aliphatic rings. The molecule has 1 heterocycles. The van der Waals surface area contributed by atoms with Crippen LogP contribution in [0.2, 0.25) is 5.22 Å². The van der Waals surface area contributed by atoms with Crippen molar-refractivity contribution >= 4 is 29.9 Å². The van der Waals surface area contributed by atoms with Gasteiger partial charge in [-0.2, -0.15) is 0 Å². The van der Waals surface area contributed by atoms with Crippen molar-refractivity contribution in [2.24, 2.45) is 11.7 Å². The van der Waals surface area contributed by atoms with E-state index < -0.39 is 0 Å². The number of nitrogens with zero attached hydrogens (tertiary/aromatic N) is 1. The predicted molar refractivity (Wildman–Crippen MR) is 89.4 cm³/mol. The second-order valence-electron chi connectivity index (χ2n) is 5.83. The molecule has 1 fully saturated rings. The van der Waals surface area contributed by atoms with Gasteiger partial charge < -0.3 is 15.6 Å². The molecule has 1 saturated carbocycles. The molecule has 0 saturated heterocycles. The Morgan fingerprint density at radius 1 is 1.45 bits per heavy atom. The summed E-state index contributed by atoms with van der Waals surface area (Å²) in [6.07, 6.45) is 7.04. The Morgan fingerprint density at radius 3 is 2.68 bits per heavy atom. The van der Waals surface area contributed by atoms with E-state index in [0.29, 0.717) is 25.3 Å². The van der Waals surface area contributed by atoms with Crippen LogP contribution in [0.15, 0.2) is 4.52 Å². The van der Waals surface area contributed by atoms with Crippen LogP contribution in [0.5, 0.6) is 0 Å². The summed E-state index contributed by atoms with van der Waals surface area (Å²) in [5.41, 5.74) is 7.39. The number of hydrogen-bond acceptors (Lipinski definition) is 4. The second kappa shape index (κ2) is 9.38. The van der Waals surface area contributed by atoms with Crippen LogP contribution >= 0.6 is 24.0 Å². The van der Waals surface area contributed by atoms with Crippen molar-refractivity contribution in [3.63, 3.8) is 0 Å². The van der Waals surface area contributed by atoms with Crippen LogP contribution < -0.4 is 11.1 Å². The molecule has 0 bridgehead atoms. The average Bonchev–Trinajstić information content (AvgIpc) is 2.82. The molecular weight excluding hydrogens is 325 g/mol. The van der Waals surface area contributed by atoms with Gasteiger partial charge in [0, 0.05) is 24.6 Å². The Bertz CT molecular complexity index is 454. The molecule has 1 unspecified atom stereocenters. The van der Waals surface area contributed by atoms with Gasteiger partial charge in [0.1, 0.15) is 0 Å². The Hall–Kier alpha value is -0.780. The van der Waals surface area contributed by atoms with Gasteiger partial charge in [0.05, 0.1) is 5.69 Å². The molecule has 1 amide bonds. The van der Waals surface area contributed by atoms with E-state index in [0.717, 1.165) is 11.3 Å². The second-order valence-corrected chi connectivity index (χ2v) is 6.17. The van der Waals surface area contributed by atoms with Crippen LogP contribution in [0.1, 0.15) is 49.8 Å². The van der Waals surface area contributed by atoms with Gasteiger partial charge in [-0.15, -0.1) is 12.4 Å². The SMILES string of the molecule is Cc1noc(Cl)c1CCC(=O)NC(CN)C1CCCCC1.Cl. The largest absolute Gasteiger partial charge is 0.352 e. The van der Waals surface area contributed by atoms with E-state index >= 15 is 0 Å². The Morgan fingerprint density at radius 2 is 2.14 bits per heavy atom. The molecule has 0 aliphatic heterocycles. The van der Waals surface area contributed by atoms with Crippen LogP contribution in [0.25, 0.3) is 0 Å². The minimum Gasteiger partial charge on any atom is -0.352 e. The summed E-state index contributed by atoms with van der Waals surface area (Å²) in [5.74, 6) is 0.543. The van der Waals surface area contributed by atoms with E-state index in [1.54, 1.807) is 0 Å². The first kappa shape index (κ1) is 19.3. The van der Waals surface area contributed by atoms with Crippen LogP contribution in [0, 0.1) is 12.8 Å². The molecule has 126 valence electrons. The molecule has 3 N–H and O–H groups in total. The lowest BCUT2D eigenvalue weighted by Gasteiger charge is -2.30. The minimum absolute atomic E-state index is 0. The molecule has 0 aromatic carbocycles. The fourth-order valence-corrected chi connectivity index (χ4v) is 3.33. The van der Waals surface area contributed by atoms with Gasteiger partial charge >= 0.3 is 0 Å². The lowest BCUT2D eigenvalue weighted by atomic mass is 9.84. The molecule has 1 aliphatic carbocycles. The number of hydrogen-bond donors (Lipinski definition) is 2. The molecule has 1 aromatic heterocycles. The highest BCUT2D eigenvalue weighted by molar-refractivity contribution is 6.29. The van der Waals surface area contributed by atoms with Crippen LogP contribution in [0.4, 0.5) is 0 Å². The van der Waals surface area contributed by atoms with Gasteiger partial charge in [-0.1, -0.05) is 24.4 Å². The maximum absolute atomic E-state index is 12.1. The summed E-state index contributed by atoms with van der Waals surface area (Å²) < 4.78 is 4.89. The van der Waals surface area contributed by atoms with Crippen molar-refractivity contribution in [3.05, 3.63) is 16.5 Å². The van der Waals surface area contributed by atoms with Crippen molar-refractivity contribution < 1.29 is 9.32 Å². The number of carbonyl (C=O) groups is 1. The van der Waals surface area contributed by atoms with Crippen molar-refractivity contribution in [1.29, 1.82) is 0 Å². The fraction of sp³-hybridized carbons (Fsp3) is 0.733. The molecule has 5 nitrogen and oxygen atoms in total. The molecule has 1 aromatic rings. The Kier molecular flexibility index (Phi) is 8.21. The van der Waals surface area contributed by atoms with Crippen molar-refractivity contribution in [2.45, 2.75) is 57.9 Å². The number of amides is 1. The molecule has 22 heavy (non-hydrogen) atoms. The van der Waals surface area contributed by atoms with Gasteiger partial charge in [0.15, 0.2) is 0 Å². The van der Waals surface area contributed by atoms with E-state index in [1.807, 2.05) is 6.92 Å². The highest BCUT2D eigenvalue weighted by Crippen LogP contribution is 2.26. The first-order valence-electron chi connectivity index (χ1n) is 7.72. The van der Waals surface area contributed by atoms with Crippen LogP contribution in [-0.4, -0.2) is 23.7 Å². The number of nitrogens with two attached hydrogens (primary N) is 1. The highest BCUT2D eigenvalue weighted by Gasteiger charge is 2.24. The molecule has 0 spiro atoms. The summed E-state index contributed by atoms with van der Waals surface area (Å²) in [5, 5.41) is 7.15. The zero-order valence-electron chi connectivity index (χ0n) is 12.9. The average molecular weight is 350 g/mol. The predicted octanol–water partition coefficient (Wildman–Crippen LogP) is 3.01. The smallest absolute Gasteiger partial charge is 0.229 e. The third kappa shape index (κ3) is 5.14. The number of nitrogens with one attached hydrogen (secondary N) is 1. The molecule has 7 heteroatoms. The molecule has 0 radical (unpaired) electrons. The summed E-state index contributed by atoms with van der Waals surface area (Å²) in [4.78, 5) is 12.1. The highest BCUT2D eigenvalue weighted by atomic mass is 35.5. The lowest BCUT2D eigenvalue weighted by molar-refractivity contribution is -0.122. The molecule has 2 rings (SSSR count). The zero-order valence-corrected chi connectivity index (χ0v) is 14.5. The molecule has 1 atom stereocenters. The summed E-state index contributed by atoms with van der Waals surface area (Å²) in [7, 11) is 0. The number of carbonyl (C=O) groups excluding carboxylic acids is 1. The Balaban J connectivity index is 0.00000242. The number of aromatic nitrogens is 1. The lowest BCUT2D eigenvalue weighted by Crippen LogP contribution is -2.46. The first-order valence-corrected chi connectivity index (χ1v) is 8.09. The standard InChI is InChI=1S/C15H24ClN3O2.ClH/c1-10-12(15(16)21-19-10)7-8-14(20)18-13(9-17)11-5-3-2-4-6-11;/h11,13H,2-9,17H2,1H3,(H,18,20);1H. The zero-order chi connectivity index (χ0) is 15.2. The van der Waals surface area contributed by atoms with E-state index in [4.69, 9.17) is 21.9 Å². The van der Waals surface area contributed by atoms with Crippen molar-refractivity contribution in [2.75, 3.05) is 6.54 Å². The van der Waals surface area contributed by atoms with E-state index in [9.17, 15) is 4.79 Å². The van der Waals surface area contributed by atoms with Gasteiger partial charge in [-0.05, 0) is 43.7 Å². The van der Waals surface area contributed by atoms with Gasteiger partial charge in [-0.25, -0.2) is 0 Å². The van der Waals surface area contributed by atoms with E-state index in [-0.39, 0.29) is 29.6 Å². The number of aryl methyl sites for hydroxylation is 1. The van der Waals surface area contributed by atoms with Gasteiger partial charge in [-0.3, -0.25) is 4.79 Å². The quantitative estimate of drug-likeness (QED) is 0.826. The normalized spacial score (nSPS) is 16.9. The summed E-state index contributed by atoms with van der Waals surface area (Å²) >= 11 is 5.90. The van der Waals surface area contributed by atoms with E-state index in [1.165, 1.54) is 32.1 Å². The maximum atomic E-state index is 12.1. The molecular formula is C15H25Cl2N3O2. The van der Waals surface area contributed by atoms with Crippen LogP contribution in [-0.2, 0) is 11.2 Å². The monoisotopic (exact) mass is 349 g/mol. The van der Waals surface area contributed by atoms with Crippen molar-refractivity contribution in [3.8, 4) is 0 Å². The fourth-order valence-electron chi connectivity index (χ4n) is 3.06. The van der Waals surface area contributed by atoms with Gasteiger partial charge in [0.2, 0.25) is 11.1 Å². The maximum Gasteiger partial charge on any atom is 0.229 e. The van der Waals surface area contributed by atoms with Crippen molar-refractivity contribution in [1.82, 2.24) is 10.5 Å². The van der Waals surface area contributed by atoms with Crippen LogP contribution in [0.3, 0.4) is 0 Å². The number of rotatable bonds is 6. The first-order chi connectivity index (χ1) is 10.1. The third-order valence-corrected chi connectivity index (χ3v) is 4.66. The summed E-state index contributed by atoms with van der Waals surface area (Å²) in [6.45, 7) is 2.33. The topological polar surface area (TPSA) is 81.2 Å². The third-order valence-electron chi connectivity index (χ3n) is 4.36. The van der Waals surface area contributed by atoms with E-state index in [2.05, 4.69) is 10.5 Å². The van der Waals surface area contributed by atoms with Gasteiger partial charge in [0.25, 0.3) is 0 Å². The minimum atomic E-state index is 0. The Labute approximate surface area is 142 Å².